The smallest absolute Gasteiger partial charge is 0.274 e. The quantitative estimate of drug-likeness (QED) is 0.852. The molecule has 1 aromatic carbocycles. The van der Waals surface area contributed by atoms with Crippen molar-refractivity contribution in [3.05, 3.63) is 47.8 Å². The predicted molar refractivity (Wildman–Crippen MR) is 81.0 cm³/mol. The number of hydrogen-bond donors (Lipinski definition) is 1. The number of nitrogen functional groups attached to an aromatic ring is 1. The second kappa shape index (κ2) is 5.04. The van der Waals surface area contributed by atoms with E-state index in [0.717, 1.165) is 48.6 Å². The maximum atomic E-state index is 12.8. The number of aryl methyl sites for hydroxylation is 1. The maximum absolute atomic E-state index is 12.8. The zero-order valence-corrected chi connectivity index (χ0v) is 11.7. The Hall–Kier alpha value is -2.23. The molecule has 1 amide bonds. The molecule has 4 nitrogen and oxygen atoms in total. The predicted octanol–water partition coefficient (Wildman–Crippen LogP) is 2.68. The number of nitrogens with zero attached hydrogens (tertiary/aromatic N) is 2. The maximum Gasteiger partial charge on any atom is 0.274 e. The van der Waals surface area contributed by atoms with Crippen LogP contribution in [0, 0.1) is 0 Å². The van der Waals surface area contributed by atoms with Gasteiger partial charge in [0, 0.05) is 30.7 Å². The van der Waals surface area contributed by atoms with Crippen molar-refractivity contribution in [2.45, 2.75) is 26.3 Å². The van der Waals surface area contributed by atoms with Crippen LogP contribution in [0.2, 0.25) is 0 Å². The Morgan fingerprint density at radius 1 is 1.30 bits per heavy atom. The van der Waals surface area contributed by atoms with Gasteiger partial charge < -0.3 is 15.2 Å². The highest BCUT2D eigenvalue weighted by atomic mass is 16.2. The monoisotopic (exact) mass is 269 g/mol. The summed E-state index contributed by atoms with van der Waals surface area (Å²) in [6, 6.07) is 9.61. The molecular formula is C16H19N3O. The molecule has 1 aliphatic heterocycles. The molecule has 0 radical (unpaired) electrons. The second-order valence-electron chi connectivity index (χ2n) is 5.08. The van der Waals surface area contributed by atoms with Crippen molar-refractivity contribution in [3.8, 4) is 0 Å². The average Bonchev–Trinajstić information content (AvgIpc) is 2.95. The molecule has 2 heterocycles. The van der Waals surface area contributed by atoms with Crippen molar-refractivity contribution in [3.63, 3.8) is 0 Å². The summed E-state index contributed by atoms with van der Waals surface area (Å²) in [6.07, 6.45) is 3.85. The van der Waals surface area contributed by atoms with Gasteiger partial charge in [-0.25, -0.2) is 0 Å². The summed E-state index contributed by atoms with van der Waals surface area (Å²) in [5.74, 6) is 0.0587. The summed E-state index contributed by atoms with van der Waals surface area (Å²) < 4.78 is 1.98. The minimum absolute atomic E-state index is 0.0587. The fourth-order valence-corrected chi connectivity index (χ4v) is 2.88. The third-order valence-corrected chi connectivity index (χ3v) is 3.92. The number of fused-ring (bicyclic) bond motifs is 1. The number of aromatic nitrogens is 1. The minimum atomic E-state index is 0.0587. The lowest BCUT2D eigenvalue weighted by Gasteiger charge is -2.30. The molecule has 1 aromatic heterocycles. The molecule has 0 unspecified atom stereocenters. The lowest BCUT2D eigenvalue weighted by Crippen LogP contribution is -2.36. The van der Waals surface area contributed by atoms with Crippen molar-refractivity contribution in [2.24, 2.45) is 0 Å². The number of rotatable bonds is 2. The molecule has 1 aliphatic rings. The van der Waals surface area contributed by atoms with Crippen LogP contribution in [0.5, 0.6) is 0 Å². The first-order valence-corrected chi connectivity index (χ1v) is 7.06. The molecular weight excluding hydrogens is 250 g/mol. The van der Waals surface area contributed by atoms with Crippen molar-refractivity contribution < 1.29 is 4.79 Å². The van der Waals surface area contributed by atoms with Gasteiger partial charge in [0.25, 0.3) is 5.91 Å². The zero-order chi connectivity index (χ0) is 14.1. The van der Waals surface area contributed by atoms with Gasteiger partial charge in [-0.2, -0.15) is 0 Å². The standard InChI is InChI=1S/C16H19N3O/c1-2-18-10-5-9-15(18)16(20)19-11-4-6-12-13(17)7-3-8-14(12)19/h3,5,7-10H,2,4,6,11,17H2,1H3. The van der Waals surface area contributed by atoms with Crippen LogP contribution < -0.4 is 10.6 Å². The Balaban J connectivity index is 2.01. The van der Waals surface area contributed by atoms with E-state index < -0.39 is 0 Å². The summed E-state index contributed by atoms with van der Waals surface area (Å²) in [5, 5.41) is 0. The summed E-state index contributed by atoms with van der Waals surface area (Å²) >= 11 is 0. The fraction of sp³-hybridized carbons (Fsp3) is 0.312. The fourth-order valence-electron chi connectivity index (χ4n) is 2.88. The van der Waals surface area contributed by atoms with E-state index in [1.807, 2.05) is 52.9 Å². The molecule has 4 heteroatoms. The zero-order valence-electron chi connectivity index (χ0n) is 11.7. The van der Waals surface area contributed by atoms with Crippen LogP contribution in [0.1, 0.15) is 29.4 Å². The van der Waals surface area contributed by atoms with Crippen LogP contribution >= 0.6 is 0 Å². The first-order valence-electron chi connectivity index (χ1n) is 7.06. The van der Waals surface area contributed by atoms with Gasteiger partial charge in [-0.15, -0.1) is 0 Å². The van der Waals surface area contributed by atoms with Crippen LogP contribution in [0.4, 0.5) is 11.4 Å². The van der Waals surface area contributed by atoms with E-state index in [2.05, 4.69) is 0 Å². The lowest BCUT2D eigenvalue weighted by molar-refractivity contribution is 0.0976. The molecule has 104 valence electrons. The number of hydrogen-bond acceptors (Lipinski definition) is 2. The minimum Gasteiger partial charge on any atom is -0.398 e. The van der Waals surface area contributed by atoms with Gasteiger partial charge in [0.2, 0.25) is 0 Å². The van der Waals surface area contributed by atoms with Crippen LogP contribution in [0.3, 0.4) is 0 Å². The molecule has 0 saturated carbocycles. The molecule has 0 saturated heterocycles. The SMILES string of the molecule is CCn1cccc1C(=O)N1CCCc2c(N)cccc21. The summed E-state index contributed by atoms with van der Waals surface area (Å²) in [4.78, 5) is 14.6. The number of anilines is 2. The van der Waals surface area contributed by atoms with Crippen molar-refractivity contribution >= 4 is 17.3 Å². The van der Waals surface area contributed by atoms with Gasteiger partial charge >= 0.3 is 0 Å². The molecule has 0 spiro atoms. The largest absolute Gasteiger partial charge is 0.398 e. The van der Waals surface area contributed by atoms with Gasteiger partial charge in [0.1, 0.15) is 5.69 Å². The van der Waals surface area contributed by atoms with Gasteiger partial charge in [0.05, 0.1) is 0 Å². The summed E-state index contributed by atoms with van der Waals surface area (Å²) in [7, 11) is 0. The van der Waals surface area contributed by atoms with Gasteiger partial charge in [-0.1, -0.05) is 6.07 Å². The van der Waals surface area contributed by atoms with Crippen LogP contribution in [0.15, 0.2) is 36.5 Å². The average molecular weight is 269 g/mol. The lowest BCUT2D eigenvalue weighted by atomic mass is 9.99. The summed E-state index contributed by atoms with van der Waals surface area (Å²) in [6.45, 7) is 3.59. The van der Waals surface area contributed by atoms with Crippen molar-refractivity contribution in [2.75, 3.05) is 17.2 Å². The van der Waals surface area contributed by atoms with Crippen LogP contribution in [-0.2, 0) is 13.0 Å². The number of benzene rings is 1. The third kappa shape index (κ3) is 1.97. The highest BCUT2D eigenvalue weighted by molar-refractivity contribution is 6.06. The number of nitrogens with two attached hydrogens (primary N) is 1. The Morgan fingerprint density at radius 2 is 2.15 bits per heavy atom. The first kappa shape index (κ1) is 12.8. The topological polar surface area (TPSA) is 51.3 Å². The summed E-state index contributed by atoms with van der Waals surface area (Å²) in [5.41, 5.74) is 9.62. The normalized spacial score (nSPS) is 14.2. The van der Waals surface area contributed by atoms with Gasteiger partial charge in [-0.05, 0) is 49.6 Å². The Morgan fingerprint density at radius 3 is 2.95 bits per heavy atom. The second-order valence-corrected chi connectivity index (χ2v) is 5.08. The molecule has 0 bridgehead atoms. The van der Waals surface area contributed by atoms with E-state index in [4.69, 9.17) is 5.73 Å². The van der Waals surface area contributed by atoms with E-state index in [9.17, 15) is 4.79 Å². The molecule has 0 aliphatic carbocycles. The van der Waals surface area contributed by atoms with E-state index in [1.54, 1.807) is 0 Å². The number of amides is 1. The van der Waals surface area contributed by atoms with E-state index in [0.29, 0.717) is 0 Å². The van der Waals surface area contributed by atoms with Crippen LogP contribution in [-0.4, -0.2) is 17.0 Å². The highest BCUT2D eigenvalue weighted by Crippen LogP contribution is 2.32. The Bertz CT molecular complexity index is 645. The van der Waals surface area contributed by atoms with Crippen molar-refractivity contribution in [1.29, 1.82) is 0 Å². The van der Waals surface area contributed by atoms with E-state index in [1.165, 1.54) is 0 Å². The highest BCUT2D eigenvalue weighted by Gasteiger charge is 2.25. The van der Waals surface area contributed by atoms with Crippen LogP contribution in [0.25, 0.3) is 0 Å². The van der Waals surface area contributed by atoms with Crippen molar-refractivity contribution in [1.82, 2.24) is 4.57 Å². The Labute approximate surface area is 118 Å². The van der Waals surface area contributed by atoms with E-state index >= 15 is 0 Å². The number of carbonyl (C=O) groups is 1. The molecule has 2 aromatic rings. The molecule has 2 N–H and O–H groups in total. The Kier molecular flexibility index (Phi) is 3.22. The molecule has 3 rings (SSSR count). The number of carbonyl (C=O) groups excluding carboxylic acids is 1. The molecule has 0 fully saturated rings. The van der Waals surface area contributed by atoms with E-state index in [-0.39, 0.29) is 5.91 Å². The molecule has 20 heavy (non-hydrogen) atoms. The van der Waals surface area contributed by atoms with Gasteiger partial charge in [0.15, 0.2) is 0 Å². The third-order valence-electron chi connectivity index (χ3n) is 3.92. The molecule has 0 atom stereocenters. The first-order chi connectivity index (χ1) is 9.72. The van der Waals surface area contributed by atoms with Gasteiger partial charge in [-0.3, -0.25) is 4.79 Å².